The first-order valence-corrected chi connectivity index (χ1v) is 6.10. The average Bonchev–Trinajstić information content (AvgIpc) is 2.34. The van der Waals surface area contributed by atoms with Crippen molar-refractivity contribution in [3.8, 4) is 0 Å². The highest BCUT2D eigenvalue weighted by Crippen LogP contribution is 2.24. The zero-order valence-electron chi connectivity index (χ0n) is 10.6. The molecule has 19 heavy (non-hydrogen) atoms. The first-order valence-electron chi connectivity index (χ1n) is 5.31. The molecule has 0 aliphatic rings. The lowest BCUT2D eigenvalue weighted by molar-refractivity contribution is -0.385. The number of carbonyl (C=O) groups is 1. The predicted octanol–water partition coefficient (Wildman–Crippen LogP) is 2.07. The average molecular weight is 353 g/mol. The van der Waals surface area contributed by atoms with Gasteiger partial charge < -0.3 is 10.2 Å². The summed E-state index contributed by atoms with van der Waals surface area (Å²) < 4.78 is 0.573. The van der Waals surface area contributed by atoms with E-state index in [4.69, 9.17) is 0 Å². The van der Waals surface area contributed by atoms with Gasteiger partial charge in [-0.1, -0.05) is 15.9 Å². The quantitative estimate of drug-likeness (QED) is 0.650. The third kappa shape index (κ3) is 4.77. The molecule has 0 radical (unpaired) electrons. The molecule has 1 rings (SSSR count). The SMILES string of the molecule is CNCCN(C)C(=O)c1ccc(Br)cc1[N+](=O)[O-].Cl. The van der Waals surface area contributed by atoms with Crippen molar-refractivity contribution in [2.24, 2.45) is 0 Å². The maximum Gasteiger partial charge on any atom is 0.283 e. The van der Waals surface area contributed by atoms with E-state index in [0.717, 1.165) is 0 Å². The smallest absolute Gasteiger partial charge is 0.283 e. The second kappa shape index (κ2) is 8.08. The van der Waals surface area contributed by atoms with Gasteiger partial charge >= 0.3 is 0 Å². The highest BCUT2D eigenvalue weighted by Gasteiger charge is 2.22. The molecule has 1 N–H and O–H groups in total. The van der Waals surface area contributed by atoms with Gasteiger partial charge in [-0.05, 0) is 19.2 Å². The lowest BCUT2D eigenvalue weighted by Gasteiger charge is -2.16. The molecule has 0 saturated heterocycles. The molecule has 106 valence electrons. The number of hydrogen-bond donors (Lipinski definition) is 1. The second-order valence-electron chi connectivity index (χ2n) is 3.75. The number of amides is 1. The van der Waals surface area contributed by atoms with E-state index in [1.54, 1.807) is 20.2 Å². The molecule has 1 aromatic rings. The van der Waals surface area contributed by atoms with Gasteiger partial charge in [0.1, 0.15) is 5.56 Å². The van der Waals surface area contributed by atoms with Crippen LogP contribution in [-0.2, 0) is 0 Å². The predicted molar refractivity (Wildman–Crippen MR) is 78.9 cm³/mol. The molecule has 1 aromatic carbocycles. The molecule has 0 bridgehead atoms. The van der Waals surface area contributed by atoms with Gasteiger partial charge in [-0.2, -0.15) is 0 Å². The standard InChI is InChI=1S/C11H14BrN3O3.ClH/c1-13-5-6-14(2)11(16)9-4-3-8(12)7-10(9)15(17)18;/h3-4,7,13H,5-6H2,1-2H3;1H. The van der Waals surface area contributed by atoms with Crippen LogP contribution in [0.1, 0.15) is 10.4 Å². The number of nitrogens with zero attached hydrogens (tertiary/aromatic N) is 2. The minimum absolute atomic E-state index is 0. The third-order valence-electron chi connectivity index (χ3n) is 2.43. The number of benzene rings is 1. The van der Waals surface area contributed by atoms with Crippen LogP contribution in [-0.4, -0.2) is 42.9 Å². The van der Waals surface area contributed by atoms with Gasteiger partial charge in [0.15, 0.2) is 0 Å². The number of rotatable bonds is 5. The van der Waals surface area contributed by atoms with E-state index in [2.05, 4.69) is 21.2 Å². The number of likely N-dealkylation sites (N-methyl/N-ethyl adjacent to an activating group) is 2. The summed E-state index contributed by atoms with van der Waals surface area (Å²) in [5.74, 6) is -0.357. The Hall–Kier alpha value is -1.18. The molecule has 0 aliphatic heterocycles. The summed E-state index contributed by atoms with van der Waals surface area (Å²) in [6.07, 6.45) is 0. The fourth-order valence-electron chi connectivity index (χ4n) is 1.42. The lowest BCUT2D eigenvalue weighted by Crippen LogP contribution is -2.33. The van der Waals surface area contributed by atoms with E-state index in [0.29, 0.717) is 17.6 Å². The van der Waals surface area contributed by atoms with Crippen molar-refractivity contribution in [1.82, 2.24) is 10.2 Å². The number of nitro benzene ring substituents is 1. The third-order valence-corrected chi connectivity index (χ3v) is 2.92. The number of nitro groups is 1. The largest absolute Gasteiger partial charge is 0.340 e. The highest BCUT2D eigenvalue weighted by molar-refractivity contribution is 9.10. The maximum absolute atomic E-state index is 12.1. The minimum atomic E-state index is -0.552. The van der Waals surface area contributed by atoms with Gasteiger partial charge in [-0.15, -0.1) is 12.4 Å². The van der Waals surface area contributed by atoms with Crippen molar-refractivity contribution in [2.45, 2.75) is 0 Å². The number of nitrogens with one attached hydrogen (secondary N) is 1. The van der Waals surface area contributed by atoms with Crippen molar-refractivity contribution in [2.75, 3.05) is 27.2 Å². The van der Waals surface area contributed by atoms with E-state index in [1.165, 1.54) is 17.0 Å². The van der Waals surface area contributed by atoms with Crippen LogP contribution in [0.3, 0.4) is 0 Å². The summed E-state index contributed by atoms with van der Waals surface area (Å²) in [4.78, 5) is 23.9. The zero-order valence-corrected chi connectivity index (χ0v) is 13.0. The first kappa shape index (κ1) is 17.8. The molecule has 1 amide bonds. The van der Waals surface area contributed by atoms with E-state index in [1.807, 2.05) is 0 Å². The summed E-state index contributed by atoms with van der Waals surface area (Å²) in [6, 6.07) is 4.41. The monoisotopic (exact) mass is 351 g/mol. The van der Waals surface area contributed by atoms with E-state index >= 15 is 0 Å². The Morgan fingerprint density at radius 1 is 1.53 bits per heavy atom. The fraction of sp³-hybridized carbons (Fsp3) is 0.364. The van der Waals surface area contributed by atoms with Crippen LogP contribution in [0.4, 0.5) is 5.69 Å². The molecule has 6 nitrogen and oxygen atoms in total. The minimum Gasteiger partial charge on any atom is -0.340 e. The molecule has 0 unspecified atom stereocenters. The van der Waals surface area contributed by atoms with E-state index < -0.39 is 4.92 Å². The van der Waals surface area contributed by atoms with Gasteiger partial charge in [-0.25, -0.2) is 0 Å². The van der Waals surface area contributed by atoms with Gasteiger partial charge in [0, 0.05) is 30.7 Å². The first-order chi connectivity index (χ1) is 8.47. The van der Waals surface area contributed by atoms with Crippen molar-refractivity contribution in [3.63, 3.8) is 0 Å². The topological polar surface area (TPSA) is 75.5 Å². The Morgan fingerprint density at radius 3 is 2.68 bits per heavy atom. The molecule has 0 spiro atoms. The summed E-state index contributed by atoms with van der Waals surface area (Å²) in [5, 5.41) is 13.8. The van der Waals surface area contributed by atoms with Gasteiger partial charge in [0.2, 0.25) is 0 Å². The normalized spacial score (nSPS) is 9.63. The van der Waals surface area contributed by atoms with Crippen molar-refractivity contribution >= 4 is 39.9 Å². The van der Waals surface area contributed by atoms with Crippen LogP contribution in [0.15, 0.2) is 22.7 Å². The van der Waals surface area contributed by atoms with Gasteiger partial charge in [0.05, 0.1) is 4.92 Å². The van der Waals surface area contributed by atoms with Crippen LogP contribution in [0, 0.1) is 10.1 Å². The van der Waals surface area contributed by atoms with Crippen LogP contribution in [0.25, 0.3) is 0 Å². The van der Waals surface area contributed by atoms with E-state index in [-0.39, 0.29) is 29.6 Å². The molecular weight excluding hydrogens is 337 g/mol. The molecule has 0 fully saturated rings. The molecule has 0 aromatic heterocycles. The Balaban J connectivity index is 0.00000324. The van der Waals surface area contributed by atoms with Crippen molar-refractivity contribution < 1.29 is 9.72 Å². The molecule has 8 heteroatoms. The Kier molecular flexibility index (Phi) is 7.58. The Labute approximate surface area is 125 Å². The second-order valence-corrected chi connectivity index (χ2v) is 4.66. The molecule has 0 saturated carbocycles. The van der Waals surface area contributed by atoms with E-state index in [9.17, 15) is 14.9 Å². The molecule has 0 aliphatic carbocycles. The lowest BCUT2D eigenvalue weighted by atomic mass is 10.1. The Morgan fingerprint density at radius 2 is 2.16 bits per heavy atom. The Bertz CT molecular complexity index is 470. The van der Waals surface area contributed by atoms with Crippen molar-refractivity contribution in [3.05, 3.63) is 38.3 Å². The van der Waals surface area contributed by atoms with Crippen molar-refractivity contribution in [1.29, 1.82) is 0 Å². The summed E-state index contributed by atoms with van der Waals surface area (Å²) in [6.45, 7) is 1.12. The number of hydrogen-bond acceptors (Lipinski definition) is 4. The van der Waals surface area contributed by atoms with Crippen LogP contribution in [0.2, 0.25) is 0 Å². The maximum atomic E-state index is 12.1. The van der Waals surface area contributed by atoms with Crippen LogP contribution in [0.5, 0.6) is 0 Å². The highest BCUT2D eigenvalue weighted by atomic mass is 79.9. The fourth-order valence-corrected chi connectivity index (χ4v) is 1.77. The zero-order chi connectivity index (χ0) is 13.7. The summed E-state index contributed by atoms with van der Waals surface area (Å²) in [7, 11) is 3.39. The number of carbonyl (C=O) groups excluding carboxylic acids is 1. The molecule has 0 heterocycles. The molecule has 0 atom stereocenters. The number of halogens is 2. The van der Waals surface area contributed by atoms with Gasteiger partial charge in [0.25, 0.3) is 11.6 Å². The molecular formula is C11H15BrClN3O3. The summed E-state index contributed by atoms with van der Waals surface area (Å²) in [5.41, 5.74) is -0.0903. The van der Waals surface area contributed by atoms with Crippen LogP contribution >= 0.6 is 28.3 Å². The van der Waals surface area contributed by atoms with Crippen LogP contribution < -0.4 is 5.32 Å². The van der Waals surface area contributed by atoms with Gasteiger partial charge in [-0.3, -0.25) is 14.9 Å². The summed E-state index contributed by atoms with van der Waals surface area (Å²) >= 11 is 3.15.